The summed E-state index contributed by atoms with van der Waals surface area (Å²) in [5.74, 6) is 0.769. The number of hydrogen-bond donors (Lipinski definition) is 2. The summed E-state index contributed by atoms with van der Waals surface area (Å²) < 4.78 is 15.9. The highest BCUT2D eigenvalue weighted by molar-refractivity contribution is 9.10. The van der Waals surface area contributed by atoms with Crippen molar-refractivity contribution in [3.8, 4) is 17.2 Å². The number of carbonyl (C=O) groups is 2. The fourth-order valence-electron chi connectivity index (χ4n) is 3.79. The molecule has 0 saturated heterocycles. The predicted octanol–water partition coefficient (Wildman–Crippen LogP) is 8.75. The van der Waals surface area contributed by atoms with Gasteiger partial charge < -0.3 is 24.6 Å². The summed E-state index contributed by atoms with van der Waals surface area (Å²) in [6.07, 6.45) is 16.1. The van der Waals surface area contributed by atoms with Gasteiger partial charge in [-0.3, -0.25) is 9.59 Å². The maximum absolute atomic E-state index is 12.5. The van der Waals surface area contributed by atoms with E-state index in [2.05, 4.69) is 51.0 Å². The summed E-state index contributed by atoms with van der Waals surface area (Å²) in [5.41, 5.74) is 0.517. The first-order valence-electron chi connectivity index (χ1n) is 13.9. The zero-order valence-electron chi connectivity index (χ0n) is 24.0. The van der Waals surface area contributed by atoms with Gasteiger partial charge in [0, 0.05) is 12.1 Å². The number of anilines is 1. The maximum Gasteiger partial charge on any atom is 0.317 e. The van der Waals surface area contributed by atoms with Gasteiger partial charge >= 0.3 is 5.97 Å². The van der Waals surface area contributed by atoms with Crippen LogP contribution in [0.4, 0.5) is 5.69 Å². The molecule has 1 rings (SSSR count). The summed E-state index contributed by atoms with van der Waals surface area (Å²) in [5, 5.41) is 11.5. The minimum Gasteiger partial charge on any atom is -0.496 e. The third-order valence-electron chi connectivity index (χ3n) is 6.14. The Morgan fingerprint density at radius 3 is 1.55 bits per heavy atom. The van der Waals surface area contributed by atoms with Gasteiger partial charge in [-0.15, -0.1) is 0 Å². The molecule has 2 unspecified atom stereocenters. The van der Waals surface area contributed by atoms with Crippen LogP contribution in [0.5, 0.6) is 17.2 Å². The van der Waals surface area contributed by atoms with Crippen LogP contribution < -0.4 is 19.5 Å². The van der Waals surface area contributed by atoms with Crippen molar-refractivity contribution in [2.24, 2.45) is 0 Å². The molecule has 38 heavy (non-hydrogen) atoms. The summed E-state index contributed by atoms with van der Waals surface area (Å²) in [6, 6.07) is 3.43. The SMILES string of the molecule is CCCCCCCCC(Br)C(=O)Nc1c(OC)cc(OC)cc1OC.CCCCCCCCC(Br)C(=O)O. The van der Waals surface area contributed by atoms with Crippen LogP contribution in [0.15, 0.2) is 12.1 Å². The fourth-order valence-corrected chi connectivity index (χ4v) is 4.55. The van der Waals surface area contributed by atoms with Gasteiger partial charge in [0.15, 0.2) is 0 Å². The number of carboxylic acid groups (broad SMARTS) is 1. The Morgan fingerprint density at radius 2 is 1.16 bits per heavy atom. The van der Waals surface area contributed by atoms with Crippen molar-refractivity contribution in [1.29, 1.82) is 0 Å². The molecular weight excluding hydrogens is 618 g/mol. The Kier molecular flexibility index (Phi) is 22.5. The zero-order valence-corrected chi connectivity index (χ0v) is 27.1. The number of methoxy groups -OCH3 is 3. The molecular formula is C29H49Br2NO6. The van der Waals surface area contributed by atoms with Gasteiger partial charge in [0.25, 0.3) is 0 Å². The molecule has 0 spiro atoms. The predicted molar refractivity (Wildman–Crippen MR) is 164 cm³/mol. The van der Waals surface area contributed by atoms with Crippen molar-refractivity contribution >= 4 is 49.4 Å². The lowest BCUT2D eigenvalue weighted by atomic mass is 10.1. The molecule has 0 aromatic heterocycles. The van der Waals surface area contributed by atoms with E-state index in [0.717, 1.165) is 38.5 Å². The van der Waals surface area contributed by atoms with Gasteiger partial charge in [0.2, 0.25) is 5.91 Å². The second-order valence-electron chi connectivity index (χ2n) is 9.28. The molecule has 220 valence electrons. The largest absolute Gasteiger partial charge is 0.496 e. The fraction of sp³-hybridized carbons (Fsp3) is 0.724. The monoisotopic (exact) mass is 665 g/mol. The van der Waals surface area contributed by atoms with Crippen molar-refractivity contribution in [2.75, 3.05) is 26.6 Å². The molecule has 0 saturated carbocycles. The molecule has 1 aromatic carbocycles. The minimum absolute atomic E-state index is 0.102. The molecule has 0 bridgehead atoms. The molecule has 0 heterocycles. The number of benzene rings is 1. The van der Waals surface area contributed by atoms with E-state index in [1.807, 2.05) is 0 Å². The topological polar surface area (TPSA) is 94.1 Å². The second kappa shape index (κ2) is 23.4. The quantitative estimate of drug-likeness (QED) is 0.107. The van der Waals surface area contributed by atoms with Gasteiger partial charge in [-0.2, -0.15) is 0 Å². The summed E-state index contributed by atoms with van der Waals surface area (Å²) in [6.45, 7) is 4.40. The van der Waals surface area contributed by atoms with Crippen LogP contribution in [0.3, 0.4) is 0 Å². The molecule has 0 radical (unpaired) electrons. The van der Waals surface area contributed by atoms with Crippen molar-refractivity contribution in [3.63, 3.8) is 0 Å². The molecule has 2 N–H and O–H groups in total. The normalized spacial score (nSPS) is 12.1. The Hall–Kier alpha value is -1.48. The number of halogens is 2. The van der Waals surface area contributed by atoms with E-state index in [0.29, 0.717) is 22.9 Å². The Labute approximate surface area is 247 Å². The summed E-state index contributed by atoms with van der Waals surface area (Å²) >= 11 is 6.61. The summed E-state index contributed by atoms with van der Waals surface area (Å²) in [4.78, 5) is 22.3. The number of rotatable bonds is 20. The lowest BCUT2D eigenvalue weighted by Crippen LogP contribution is -2.23. The van der Waals surface area contributed by atoms with Crippen LogP contribution >= 0.6 is 31.9 Å². The lowest BCUT2D eigenvalue weighted by molar-refractivity contribution is -0.136. The van der Waals surface area contributed by atoms with Crippen molar-refractivity contribution < 1.29 is 28.9 Å². The highest BCUT2D eigenvalue weighted by Crippen LogP contribution is 2.39. The van der Waals surface area contributed by atoms with Crippen molar-refractivity contribution in [2.45, 2.75) is 113 Å². The number of amides is 1. The highest BCUT2D eigenvalue weighted by atomic mass is 79.9. The lowest BCUT2D eigenvalue weighted by Gasteiger charge is -2.17. The smallest absolute Gasteiger partial charge is 0.317 e. The minimum atomic E-state index is -0.742. The molecule has 9 heteroatoms. The van der Waals surface area contributed by atoms with Crippen LogP contribution in [0.2, 0.25) is 0 Å². The Morgan fingerprint density at radius 1 is 0.737 bits per heavy atom. The van der Waals surface area contributed by atoms with E-state index < -0.39 is 5.97 Å². The third kappa shape index (κ3) is 16.5. The Balaban J connectivity index is 0.000000889. The number of carboxylic acids is 1. The first-order chi connectivity index (χ1) is 18.2. The second-order valence-corrected chi connectivity index (χ2v) is 11.5. The number of hydrogen-bond acceptors (Lipinski definition) is 5. The molecule has 0 aliphatic heterocycles. The highest BCUT2D eigenvalue weighted by Gasteiger charge is 2.20. The van der Waals surface area contributed by atoms with Crippen molar-refractivity contribution in [1.82, 2.24) is 0 Å². The third-order valence-corrected chi connectivity index (χ3v) is 7.86. The Bertz CT molecular complexity index is 752. The number of carbonyl (C=O) groups excluding carboxylic acids is 1. The average Bonchev–Trinajstić information content (AvgIpc) is 2.92. The van der Waals surface area contributed by atoms with Gasteiger partial charge in [-0.1, -0.05) is 123 Å². The molecule has 0 fully saturated rings. The first kappa shape index (κ1) is 36.5. The maximum atomic E-state index is 12.5. The van der Waals surface area contributed by atoms with Gasteiger partial charge in [0.05, 0.1) is 26.2 Å². The van der Waals surface area contributed by atoms with E-state index in [4.69, 9.17) is 19.3 Å². The van der Waals surface area contributed by atoms with E-state index in [1.54, 1.807) is 33.5 Å². The summed E-state index contributed by atoms with van der Waals surface area (Å²) in [7, 11) is 4.67. The van der Waals surface area contributed by atoms with E-state index in [1.165, 1.54) is 51.4 Å². The average molecular weight is 668 g/mol. The molecule has 0 aliphatic carbocycles. The number of aliphatic carboxylic acids is 1. The standard InChI is InChI=1S/C19H30BrNO4.C10H19BrO2/c1-5-6-7-8-9-10-11-15(20)19(22)21-18-16(24-3)12-14(23-2)13-17(18)25-4;1-2-3-4-5-6-7-8-9(11)10(12)13/h12-13,15H,5-11H2,1-4H3,(H,21,22);9H,2-8H2,1H3,(H,12,13). The van der Waals surface area contributed by atoms with Crippen LogP contribution in [-0.2, 0) is 9.59 Å². The van der Waals surface area contributed by atoms with Gasteiger partial charge in [-0.25, -0.2) is 0 Å². The zero-order chi connectivity index (χ0) is 28.8. The number of ether oxygens (including phenoxy) is 3. The van der Waals surface area contributed by atoms with Crippen molar-refractivity contribution in [3.05, 3.63) is 12.1 Å². The number of nitrogens with one attached hydrogen (secondary N) is 1. The van der Waals surface area contributed by atoms with Gasteiger partial charge in [0.1, 0.15) is 27.8 Å². The molecule has 0 aliphatic rings. The molecule has 2 atom stereocenters. The van der Waals surface area contributed by atoms with Crippen LogP contribution in [0.25, 0.3) is 0 Å². The van der Waals surface area contributed by atoms with Crippen LogP contribution in [0, 0.1) is 0 Å². The van der Waals surface area contributed by atoms with E-state index >= 15 is 0 Å². The van der Waals surface area contributed by atoms with Crippen LogP contribution in [-0.4, -0.2) is 48.0 Å². The molecule has 1 amide bonds. The first-order valence-corrected chi connectivity index (χ1v) is 15.7. The number of unbranched alkanes of at least 4 members (excludes halogenated alkanes) is 10. The number of alkyl halides is 2. The van der Waals surface area contributed by atoms with Crippen LogP contribution in [0.1, 0.15) is 104 Å². The van der Waals surface area contributed by atoms with E-state index in [-0.39, 0.29) is 15.6 Å². The van der Waals surface area contributed by atoms with E-state index in [9.17, 15) is 9.59 Å². The molecule has 1 aromatic rings. The molecule has 7 nitrogen and oxygen atoms in total. The van der Waals surface area contributed by atoms with Gasteiger partial charge in [-0.05, 0) is 12.8 Å².